The maximum atomic E-state index is 11.2. The normalized spacial score (nSPS) is 18.1. The molecule has 1 aliphatic heterocycles. The molecule has 1 aliphatic rings. The molecule has 5 heteroatoms. The molecule has 1 heterocycles. The summed E-state index contributed by atoms with van der Waals surface area (Å²) < 4.78 is 4.60. The second-order valence-electron chi connectivity index (χ2n) is 3.81. The van der Waals surface area contributed by atoms with E-state index in [2.05, 4.69) is 9.73 Å². The van der Waals surface area contributed by atoms with Crippen LogP contribution in [0.25, 0.3) is 0 Å². The number of aliphatic imine (C=N–C) groups is 1. The number of ether oxygens (including phenoxy) is 1. The predicted octanol–water partition coefficient (Wildman–Crippen LogP) is 1.80. The van der Waals surface area contributed by atoms with Gasteiger partial charge in [-0.2, -0.15) is 0 Å². The van der Waals surface area contributed by atoms with Gasteiger partial charge >= 0.3 is 5.97 Å². The van der Waals surface area contributed by atoms with Gasteiger partial charge in [-0.15, -0.1) is 12.4 Å². The molecule has 0 radical (unpaired) electrons. The molecular formula is C12H15ClN2O2. The summed E-state index contributed by atoms with van der Waals surface area (Å²) in [5, 5.41) is 0. The Kier molecular flexibility index (Phi) is 4.66. The quantitative estimate of drug-likeness (QED) is 0.837. The lowest BCUT2D eigenvalue weighted by molar-refractivity contribution is -0.142. The van der Waals surface area contributed by atoms with Gasteiger partial charge in [0.2, 0.25) is 0 Å². The average Bonchev–Trinajstić information content (AvgIpc) is 2.72. The average molecular weight is 255 g/mol. The molecule has 0 saturated carbocycles. The van der Waals surface area contributed by atoms with Gasteiger partial charge < -0.3 is 10.5 Å². The van der Waals surface area contributed by atoms with Crippen molar-refractivity contribution in [3.05, 3.63) is 29.8 Å². The van der Waals surface area contributed by atoms with Gasteiger partial charge in [-0.3, -0.25) is 9.79 Å². The zero-order chi connectivity index (χ0) is 11.5. The van der Waals surface area contributed by atoms with Gasteiger partial charge in [0.25, 0.3) is 0 Å². The van der Waals surface area contributed by atoms with E-state index < -0.39 is 6.04 Å². The molecule has 2 N–H and O–H groups in total. The van der Waals surface area contributed by atoms with Crippen LogP contribution in [0.2, 0.25) is 0 Å². The lowest BCUT2D eigenvalue weighted by atomic mass is 9.94. The Balaban J connectivity index is 0.00000144. The van der Waals surface area contributed by atoms with E-state index in [4.69, 9.17) is 5.73 Å². The molecule has 0 saturated heterocycles. The van der Waals surface area contributed by atoms with E-state index in [1.165, 1.54) is 7.11 Å². The lowest BCUT2D eigenvalue weighted by Crippen LogP contribution is -2.33. The second kappa shape index (κ2) is 5.80. The minimum Gasteiger partial charge on any atom is -0.468 e. The van der Waals surface area contributed by atoms with Crippen LogP contribution in [0.15, 0.2) is 29.3 Å². The Labute approximate surface area is 106 Å². The summed E-state index contributed by atoms with van der Waals surface area (Å²) in [5.74, 6) is -0.261. The number of nitrogens with two attached hydrogens (primary N) is 1. The van der Waals surface area contributed by atoms with Crippen molar-refractivity contribution in [3.63, 3.8) is 0 Å². The first-order valence-corrected chi connectivity index (χ1v) is 5.19. The molecule has 92 valence electrons. The molecule has 0 fully saturated rings. The molecule has 2 rings (SSSR count). The minimum atomic E-state index is -0.590. The van der Waals surface area contributed by atoms with Crippen LogP contribution >= 0.6 is 12.4 Å². The summed E-state index contributed by atoms with van der Waals surface area (Å²) in [6, 6.07) is 7.28. The summed E-state index contributed by atoms with van der Waals surface area (Å²) in [4.78, 5) is 15.5. The summed E-state index contributed by atoms with van der Waals surface area (Å²) in [5.41, 5.74) is 7.82. The van der Waals surface area contributed by atoms with Crippen molar-refractivity contribution in [2.45, 2.75) is 18.4 Å². The van der Waals surface area contributed by atoms with Gasteiger partial charge in [-0.05, 0) is 18.1 Å². The molecule has 17 heavy (non-hydrogen) atoms. The molecule has 1 unspecified atom stereocenters. The van der Waals surface area contributed by atoms with E-state index >= 15 is 0 Å². The summed E-state index contributed by atoms with van der Waals surface area (Å²) in [6.07, 6.45) is 2.38. The third-order valence-electron chi connectivity index (χ3n) is 2.74. The fourth-order valence-electron chi connectivity index (χ4n) is 1.88. The van der Waals surface area contributed by atoms with Crippen LogP contribution in [-0.4, -0.2) is 25.3 Å². The Morgan fingerprint density at radius 2 is 2.24 bits per heavy atom. The third-order valence-corrected chi connectivity index (χ3v) is 2.74. The van der Waals surface area contributed by atoms with Crippen LogP contribution in [0.1, 0.15) is 17.9 Å². The Morgan fingerprint density at radius 3 is 2.94 bits per heavy atom. The maximum Gasteiger partial charge on any atom is 0.322 e. The number of hydrogen-bond donors (Lipinski definition) is 1. The van der Waals surface area contributed by atoms with Gasteiger partial charge in [0.05, 0.1) is 12.8 Å². The van der Waals surface area contributed by atoms with Crippen LogP contribution in [0.5, 0.6) is 0 Å². The molecule has 0 bridgehead atoms. The minimum absolute atomic E-state index is 0. The van der Waals surface area contributed by atoms with Crippen LogP contribution in [0.4, 0.5) is 5.69 Å². The highest BCUT2D eigenvalue weighted by Gasteiger charge is 2.24. The first-order chi connectivity index (χ1) is 7.72. The van der Waals surface area contributed by atoms with Gasteiger partial charge in [0.1, 0.15) is 6.04 Å². The largest absolute Gasteiger partial charge is 0.468 e. The summed E-state index contributed by atoms with van der Waals surface area (Å²) in [6.45, 7) is 0. The van der Waals surface area contributed by atoms with Crippen LogP contribution < -0.4 is 5.73 Å². The van der Waals surface area contributed by atoms with E-state index in [0.717, 1.165) is 11.3 Å². The first kappa shape index (κ1) is 13.7. The number of benzene rings is 1. The van der Waals surface area contributed by atoms with Crippen molar-refractivity contribution >= 4 is 30.3 Å². The maximum absolute atomic E-state index is 11.2. The molecule has 0 aliphatic carbocycles. The number of fused-ring (bicyclic) bond motifs is 1. The molecule has 0 amide bonds. The van der Waals surface area contributed by atoms with Crippen molar-refractivity contribution in [1.82, 2.24) is 0 Å². The monoisotopic (exact) mass is 254 g/mol. The first-order valence-electron chi connectivity index (χ1n) is 5.19. The molecule has 1 aromatic rings. The topological polar surface area (TPSA) is 64.7 Å². The highest BCUT2D eigenvalue weighted by molar-refractivity contribution is 5.85. The van der Waals surface area contributed by atoms with E-state index in [9.17, 15) is 4.79 Å². The van der Waals surface area contributed by atoms with Gasteiger partial charge in [-0.1, -0.05) is 18.2 Å². The van der Waals surface area contributed by atoms with Gasteiger partial charge in [0, 0.05) is 12.1 Å². The smallest absolute Gasteiger partial charge is 0.322 e. The van der Waals surface area contributed by atoms with E-state index in [-0.39, 0.29) is 24.3 Å². The second-order valence-corrected chi connectivity index (χ2v) is 3.81. The van der Waals surface area contributed by atoms with Crippen molar-refractivity contribution in [1.29, 1.82) is 0 Å². The molecule has 0 aromatic heterocycles. The number of carbonyl (C=O) groups is 1. The summed E-state index contributed by atoms with van der Waals surface area (Å²) in [7, 11) is 1.35. The van der Waals surface area contributed by atoms with E-state index in [1.807, 2.05) is 30.5 Å². The molecule has 0 spiro atoms. The highest BCUT2D eigenvalue weighted by Crippen LogP contribution is 2.33. The van der Waals surface area contributed by atoms with Crippen molar-refractivity contribution < 1.29 is 9.53 Å². The Morgan fingerprint density at radius 1 is 1.53 bits per heavy atom. The molecule has 1 aromatic carbocycles. The van der Waals surface area contributed by atoms with Crippen LogP contribution in [0, 0.1) is 0 Å². The van der Waals surface area contributed by atoms with Crippen LogP contribution in [-0.2, 0) is 9.53 Å². The standard InChI is InChI=1S/C12H14N2O2.ClH/c1-16-12(15)10(13)6-8-7-14-11-5-3-2-4-9(8)11;/h2-5,7-8,10H,6,13H2,1H3;1H/t8?,10-;/m1./s1. The van der Waals surface area contributed by atoms with E-state index in [1.54, 1.807) is 0 Å². The number of rotatable bonds is 3. The zero-order valence-electron chi connectivity index (χ0n) is 9.50. The van der Waals surface area contributed by atoms with E-state index in [0.29, 0.717) is 6.42 Å². The SMILES string of the molecule is COC(=O)[C@H](N)CC1C=Nc2ccccc21.Cl. The van der Waals surface area contributed by atoms with Gasteiger partial charge in [0.15, 0.2) is 0 Å². The number of para-hydroxylation sites is 1. The third kappa shape index (κ3) is 2.84. The number of nitrogens with zero attached hydrogens (tertiary/aromatic N) is 1. The predicted molar refractivity (Wildman–Crippen MR) is 69.2 cm³/mol. The molecular weight excluding hydrogens is 240 g/mol. The van der Waals surface area contributed by atoms with Crippen molar-refractivity contribution in [2.24, 2.45) is 10.7 Å². The fourth-order valence-corrected chi connectivity index (χ4v) is 1.88. The number of carbonyl (C=O) groups excluding carboxylic acids is 1. The van der Waals surface area contributed by atoms with Gasteiger partial charge in [-0.25, -0.2) is 0 Å². The number of methoxy groups -OCH3 is 1. The number of hydrogen-bond acceptors (Lipinski definition) is 4. The summed E-state index contributed by atoms with van der Waals surface area (Å²) >= 11 is 0. The van der Waals surface area contributed by atoms with Crippen molar-refractivity contribution in [2.75, 3.05) is 7.11 Å². The molecule has 4 nitrogen and oxygen atoms in total. The number of halogens is 1. The number of esters is 1. The Bertz CT molecular complexity index is 434. The van der Waals surface area contributed by atoms with Crippen LogP contribution in [0.3, 0.4) is 0 Å². The Hall–Kier alpha value is -1.39. The fraction of sp³-hybridized carbons (Fsp3) is 0.333. The highest BCUT2D eigenvalue weighted by atomic mass is 35.5. The van der Waals surface area contributed by atoms with Crippen molar-refractivity contribution in [3.8, 4) is 0 Å². The zero-order valence-corrected chi connectivity index (χ0v) is 10.3. The lowest BCUT2D eigenvalue weighted by Gasteiger charge is -2.13. The molecule has 2 atom stereocenters.